The third-order valence-corrected chi connectivity index (χ3v) is 3.42. The minimum atomic E-state index is -0.224. The lowest BCUT2D eigenvalue weighted by Crippen LogP contribution is -2.27. The number of carbonyl (C=O) groups excluding carboxylic acids is 1. The fourth-order valence-corrected chi connectivity index (χ4v) is 2.17. The van der Waals surface area contributed by atoms with Crippen molar-refractivity contribution in [3.05, 3.63) is 46.1 Å². The molecule has 0 saturated heterocycles. The number of rotatable bonds is 3. The molecule has 1 aromatic heterocycles. The predicted octanol–water partition coefficient (Wildman–Crippen LogP) is 2.26. The SMILES string of the molecule is CC(NC(=O)c1cnn(C)c1N)c1cccc(Br)c1. The van der Waals surface area contributed by atoms with E-state index in [-0.39, 0.29) is 11.9 Å². The number of amides is 1. The largest absolute Gasteiger partial charge is 0.383 e. The molecule has 3 N–H and O–H groups in total. The molecule has 6 heteroatoms. The molecule has 0 bridgehead atoms. The van der Waals surface area contributed by atoms with E-state index in [4.69, 9.17) is 5.73 Å². The smallest absolute Gasteiger partial charge is 0.257 e. The molecular formula is C13H15BrN4O. The van der Waals surface area contributed by atoms with Crippen LogP contribution in [0.2, 0.25) is 0 Å². The molecule has 1 heterocycles. The van der Waals surface area contributed by atoms with Gasteiger partial charge in [0.1, 0.15) is 11.4 Å². The fourth-order valence-electron chi connectivity index (χ4n) is 1.76. The maximum Gasteiger partial charge on any atom is 0.257 e. The van der Waals surface area contributed by atoms with Gasteiger partial charge in [-0.25, -0.2) is 0 Å². The third-order valence-electron chi connectivity index (χ3n) is 2.93. The summed E-state index contributed by atoms with van der Waals surface area (Å²) < 4.78 is 2.45. The second-order valence-electron chi connectivity index (χ2n) is 4.32. The lowest BCUT2D eigenvalue weighted by Gasteiger charge is -2.14. The van der Waals surface area contributed by atoms with Crippen LogP contribution in [-0.2, 0) is 7.05 Å². The van der Waals surface area contributed by atoms with Crippen molar-refractivity contribution in [2.24, 2.45) is 7.05 Å². The molecule has 19 heavy (non-hydrogen) atoms. The Balaban J connectivity index is 2.13. The highest BCUT2D eigenvalue weighted by Gasteiger charge is 2.16. The first kappa shape index (κ1) is 13.6. The van der Waals surface area contributed by atoms with E-state index in [1.54, 1.807) is 7.05 Å². The lowest BCUT2D eigenvalue weighted by atomic mass is 10.1. The molecule has 1 atom stereocenters. The normalized spacial score (nSPS) is 12.2. The van der Waals surface area contributed by atoms with Crippen molar-refractivity contribution in [1.82, 2.24) is 15.1 Å². The van der Waals surface area contributed by atoms with Crippen LogP contribution in [0.25, 0.3) is 0 Å². The topological polar surface area (TPSA) is 72.9 Å². The first-order valence-corrected chi connectivity index (χ1v) is 6.62. The van der Waals surface area contributed by atoms with E-state index in [0.717, 1.165) is 10.0 Å². The van der Waals surface area contributed by atoms with E-state index in [1.165, 1.54) is 10.9 Å². The van der Waals surface area contributed by atoms with Gasteiger partial charge in [-0.05, 0) is 24.6 Å². The van der Waals surface area contributed by atoms with Crippen LogP contribution in [0.3, 0.4) is 0 Å². The lowest BCUT2D eigenvalue weighted by molar-refractivity contribution is 0.0940. The zero-order valence-electron chi connectivity index (χ0n) is 10.7. The van der Waals surface area contributed by atoms with Crippen molar-refractivity contribution in [1.29, 1.82) is 0 Å². The maximum absolute atomic E-state index is 12.1. The number of anilines is 1. The van der Waals surface area contributed by atoms with Crippen LogP contribution in [0.4, 0.5) is 5.82 Å². The number of benzene rings is 1. The van der Waals surface area contributed by atoms with Crippen LogP contribution in [0.1, 0.15) is 28.9 Å². The zero-order valence-corrected chi connectivity index (χ0v) is 12.3. The van der Waals surface area contributed by atoms with Crippen molar-refractivity contribution in [3.63, 3.8) is 0 Å². The predicted molar refractivity (Wildman–Crippen MR) is 77.6 cm³/mol. The van der Waals surface area contributed by atoms with Crippen LogP contribution >= 0.6 is 15.9 Å². The highest BCUT2D eigenvalue weighted by Crippen LogP contribution is 2.19. The molecule has 0 aliphatic heterocycles. The van der Waals surface area contributed by atoms with Gasteiger partial charge in [-0.1, -0.05) is 28.1 Å². The van der Waals surface area contributed by atoms with Crippen molar-refractivity contribution in [2.45, 2.75) is 13.0 Å². The van der Waals surface area contributed by atoms with Crippen molar-refractivity contribution < 1.29 is 4.79 Å². The van der Waals surface area contributed by atoms with Gasteiger partial charge in [0.05, 0.1) is 12.2 Å². The summed E-state index contributed by atoms with van der Waals surface area (Å²) in [6.45, 7) is 1.92. The number of halogens is 1. The van der Waals surface area contributed by atoms with Crippen LogP contribution in [0.5, 0.6) is 0 Å². The summed E-state index contributed by atoms with van der Waals surface area (Å²) in [6, 6.07) is 7.70. The average molecular weight is 323 g/mol. The summed E-state index contributed by atoms with van der Waals surface area (Å²) in [4.78, 5) is 12.1. The number of hydrogen-bond donors (Lipinski definition) is 2. The standard InChI is InChI=1S/C13H15BrN4O/c1-8(9-4-3-5-10(14)6-9)17-13(19)11-7-16-18(2)12(11)15/h3-8H,15H2,1-2H3,(H,17,19). The van der Waals surface area contributed by atoms with Crippen molar-refractivity contribution in [3.8, 4) is 0 Å². The quantitative estimate of drug-likeness (QED) is 0.910. The fraction of sp³-hybridized carbons (Fsp3) is 0.231. The summed E-state index contributed by atoms with van der Waals surface area (Å²) in [6.07, 6.45) is 1.47. The number of hydrogen-bond acceptors (Lipinski definition) is 3. The molecule has 1 aromatic carbocycles. The Morgan fingerprint density at radius 3 is 2.84 bits per heavy atom. The van der Waals surface area contributed by atoms with Crippen LogP contribution in [0, 0.1) is 0 Å². The summed E-state index contributed by atoms with van der Waals surface area (Å²) in [7, 11) is 1.70. The molecule has 1 amide bonds. The Bertz CT molecular complexity index is 608. The molecule has 2 rings (SSSR count). The average Bonchev–Trinajstić information content (AvgIpc) is 2.70. The molecule has 0 fully saturated rings. The summed E-state index contributed by atoms with van der Waals surface area (Å²) >= 11 is 3.41. The first-order chi connectivity index (χ1) is 8.99. The van der Waals surface area contributed by atoms with E-state index in [0.29, 0.717) is 11.4 Å². The molecule has 1 unspecified atom stereocenters. The number of nitrogen functional groups attached to an aromatic ring is 1. The number of nitrogens with zero attached hydrogens (tertiary/aromatic N) is 2. The Labute approximate surface area is 119 Å². The molecule has 0 saturated carbocycles. The van der Waals surface area contributed by atoms with E-state index in [9.17, 15) is 4.79 Å². The Morgan fingerprint density at radius 1 is 1.53 bits per heavy atom. The monoisotopic (exact) mass is 322 g/mol. The van der Waals surface area contributed by atoms with Gasteiger partial charge >= 0.3 is 0 Å². The molecule has 0 spiro atoms. The molecule has 0 aliphatic carbocycles. The number of nitrogens with one attached hydrogen (secondary N) is 1. The highest BCUT2D eigenvalue weighted by atomic mass is 79.9. The van der Waals surface area contributed by atoms with Gasteiger partial charge in [0.15, 0.2) is 0 Å². The second kappa shape index (κ2) is 5.44. The summed E-state index contributed by atoms with van der Waals surface area (Å²) in [5.41, 5.74) is 7.19. The molecular weight excluding hydrogens is 308 g/mol. The minimum absolute atomic E-state index is 0.107. The third kappa shape index (κ3) is 2.96. The van der Waals surface area contributed by atoms with Crippen LogP contribution in [0.15, 0.2) is 34.9 Å². The molecule has 100 valence electrons. The Hall–Kier alpha value is -1.82. The summed E-state index contributed by atoms with van der Waals surface area (Å²) in [5, 5.41) is 6.86. The molecule has 5 nitrogen and oxygen atoms in total. The number of aromatic nitrogens is 2. The molecule has 0 radical (unpaired) electrons. The van der Waals surface area contributed by atoms with Crippen molar-refractivity contribution >= 4 is 27.7 Å². The van der Waals surface area contributed by atoms with Gasteiger partial charge in [0.25, 0.3) is 5.91 Å². The Kier molecular flexibility index (Phi) is 3.90. The molecule has 0 aliphatic rings. The van der Waals surface area contributed by atoms with E-state index in [1.807, 2.05) is 31.2 Å². The van der Waals surface area contributed by atoms with Crippen LogP contribution < -0.4 is 11.1 Å². The zero-order chi connectivity index (χ0) is 14.0. The summed E-state index contributed by atoms with van der Waals surface area (Å²) in [5.74, 6) is 0.136. The number of aryl methyl sites for hydroxylation is 1. The minimum Gasteiger partial charge on any atom is -0.383 e. The van der Waals surface area contributed by atoms with Gasteiger partial charge in [-0.3, -0.25) is 9.48 Å². The van der Waals surface area contributed by atoms with E-state index >= 15 is 0 Å². The van der Waals surface area contributed by atoms with Crippen molar-refractivity contribution in [2.75, 3.05) is 5.73 Å². The van der Waals surface area contributed by atoms with E-state index < -0.39 is 0 Å². The van der Waals surface area contributed by atoms with E-state index in [2.05, 4.69) is 26.3 Å². The van der Waals surface area contributed by atoms with Gasteiger partial charge in [0, 0.05) is 11.5 Å². The molecule has 2 aromatic rings. The van der Waals surface area contributed by atoms with Gasteiger partial charge in [-0.15, -0.1) is 0 Å². The highest BCUT2D eigenvalue weighted by molar-refractivity contribution is 9.10. The second-order valence-corrected chi connectivity index (χ2v) is 5.23. The van der Waals surface area contributed by atoms with Gasteiger partial charge < -0.3 is 11.1 Å². The number of carbonyl (C=O) groups is 1. The number of nitrogens with two attached hydrogens (primary N) is 1. The van der Waals surface area contributed by atoms with Gasteiger partial charge in [0.2, 0.25) is 0 Å². The maximum atomic E-state index is 12.1. The first-order valence-electron chi connectivity index (χ1n) is 5.83. The Morgan fingerprint density at radius 2 is 2.26 bits per heavy atom. The van der Waals surface area contributed by atoms with Gasteiger partial charge in [-0.2, -0.15) is 5.10 Å². The van der Waals surface area contributed by atoms with Crippen LogP contribution in [-0.4, -0.2) is 15.7 Å².